The van der Waals surface area contributed by atoms with Gasteiger partial charge in [0.2, 0.25) is 11.8 Å². The maximum Gasteiger partial charge on any atom is 0.248 e. The highest BCUT2D eigenvalue weighted by molar-refractivity contribution is 5.90. The summed E-state index contributed by atoms with van der Waals surface area (Å²) in [6, 6.07) is -1.28. The van der Waals surface area contributed by atoms with Crippen LogP contribution < -0.4 is 5.32 Å². The number of amides is 2. The molecule has 0 radical (unpaired) electrons. The smallest absolute Gasteiger partial charge is 0.248 e. The van der Waals surface area contributed by atoms with E-state index in [4.69, 9.17) is 0 Å². The van der Waals surface area contributed by atoms with Gasteiger partial charge in [0.15, 0.2) is 0 Å². The molecule has 0 saturated carbocycles. The maximum absolute atomic E-state index is 13.6. The van der Waals surface area contributed by atoms with E-state index >= 15 is 0 Å². The second-order valence-electron chi connectivity index (χ2n) is 11.6. The van der Waals surface area contributed by atoms with Crippen molar-refractivity contribution in [1.29, 1.82) is 0 Å². The van der Waals surface area contributed by atoms with Crippen LogP contribution in [0.4, 0.5) is 0 Å². The lowest BCUT2D eigenvalue weighted by atomic mass is 9.84. The summed E-state index contributed by atoms with van der Waals surface area (Å²) in [5.41, 5.74) is 0.817. The molecule has 2 fully saturated rings. The molecule has 9 heteroatoms. The molecule has 0 spiro atoms. The van der Waals surface area contributed by atoms with Crippen LogP contribution in [-0.4, -0.2) is 87.1 Å². The Morgan fingerprint density at radius 2 is 2.06 bits per heavy atom. The highest BCUT2D eigenvalue weighted by Crippen LogP contribution is 2.34. The van der Waals surface area contributed by atoms with Crippen LogP contribution >= 0.6 is 0 Å². The number of nitrogens with zero attached hydrogens (tertiary/aromatic N) is 5. The Morgan fingerprint density at radius 1 is 1.33 bits per heavy atom. The molecule has 0 bridgehead atoms. The quantitative estimate of drug-likeness (QED) is 0.638. The Bertz CT molecular complexity index is 830. The molecule has 2 unspecified atom stereocenters. The van der Waals surface area contributed by atoms with Gasteiger partial charge in [-0.3, -0.25) is 9.59 Å². The summed E-state index contributed by atoms with van der Waals surface area (Å²) in [5.74, 6) is -0.465. The van der Waals surface area contributed by atoms with Gasteiger partial charge in [0.05, 0.1) is 11.8 Å². The van der Waals surface area contributed by atoms with E-state index in [1.54, 1.807) is 11.7 Å². The number of likely N-dealkylation sites (tertiary alicyclic amines) is 2. The van der Waals surface area contributed by atoms with Crippen LogP contribution in [0.1, 0.15) is 72.0 Å². The molecule has 2 saturated heterocycles. The van der Waals surface area contributed by atoms with Crippen LogP contribution in [-0.2, 0) is 16.0 Å². The predicted molar refractivity (Wildman–Crippen MR) is 126 cm³/mol. The molecule has 0 aromatic carbocycles. The minimum atomic E-state index is -0.706. The van der Waals surface area contributed by atoms with Crippen molar-refractivity contribution < 1.29 is 14.7 Å². The van der Waals surface area contributed by atoms with Crippen molar-refractivity contribution in [2.24, 2.45) is 10.8 Å². The topological polar surface area (TPSA) is 104 Å². The minimum Gasteiger partial charge on any atom is -0.391 e. The molecule has 9 nitrogen and oxygen atoms in total. The minimum absolute atomic E-state index is 0.150. The van der Waals surface area contributed by atoms with Gasteiger partial charge in [0, 0.05) is 32.8 Å². The van der Waals surface area contributed by atoms with Gasteiger partial charge < -0.3 is 20.2 Å². The number of aryl methyl sites for hydroxylation is 1. The lowest BCUT2D eigenvalue weighted by Crippen LogP contribution is -2.49. The highest BCUT2D eigenvalue weighted by atomic mass is 16.3. The van der Waals surface area contributed by atoms with Crippen LogP contribution in [0.15, 0.2) is 6.20 Å². The van der Waals surface area contributed by atoms with E-state index in [1.807, 2.05) is 27.0 Å². The van der Waals surface area contributed by atoms with Crippen molar-refractivity contribution in [2.45, 2.75) is 84.9 Å². The molecule has 2 N–H and O–H groups in total. The molecular formula is C24H42N6O3. The van der Waals surface area contributed by atoms with E-state index in [1.165, 1.54) is 17.7 Å². The van der Waals surface area contributed by atoms with E-state index in [0.29, 0.717) is 5.41 Å². The SMILES string of the molecule is CNC(=O)C1CC(O)CN1C(=O)[C@@H](n1cc(CCCN2CCCC(C)(C)C2)nn1)C(C)(C)C. The fourth-order valence-electron chi connectivity index (χ4n) is 5.28. The zero-order valence-corrected chi connectivity index (χ0v) is 21.2. The molecule has 3 atom stereocenters. The van der Waals surface area contributed by atoms with Gasteiger partial charge in [-0.15, -0.1) is 5.10 Å². The van der Waals surface area contributed by atoms with Gasteiger partial charge in [-0.1, -0.05) is 39.8 Å². The van der Waals surface area contributed by atoms with Crippen LogP contribution in [0.25, 0.3) is 0 Å². The van der Waals surface area contributed by atoms with Crippen molar-refractivity contribution in [3.8, 4) is 0 Å². The zero-order chi connectivity index (χ0) is 24.4. The third-order valence-corrected chi connectivity index (χ3v) is 6.87. The number of piperidine rings is 1. The summed E-state index contributed by atoms with van der Waals surface area (Å²) in [5, 5.41) is 21.4. The van der Waals surface area contributed by atoms with Crippen LogP contribution in [0.2, 0.25) is 0 Å². The Labute approximate surface area is 197 Å². The number of likely N-dealkylation sites (N-methyl/N-ethyl adjacent to an activating group) is 1. The average molecular weight is 463 g/mol. The predicted octanol–water partition coefficient (Wildman–Crippen LogP) is 1.63. The summed E-state index contributed by atoms with van der Waals surface area (Å²) in [6.07, 6.45) is 5.76. The molecule has 3 rings (SSSR count). The molecular weight excluding hydrogens is 420 g/mol. The van der Waals surface area contributed by atoms with Crippen LogP contribution in [0.5, 0.6) is 0 Å². The number of hydrogen-bond donors (Lipinski definition) is 2. The normalized spacial score (nSPS) is 24.6. The molecule has 186 valence electrons. The van der Waals surface area contributed by atoms with Crippen LogP contribution in [0.3, 0.4) is 0 Å². The molecule has 3 heterocycles. The van der Waals surface area contributed by atoms with Crippen LogP contribution in [0, 0.1) is 10.8 Å². The molecule has 33 heavy (non-hydrogen) atoms. The Hall–Kier alpha value is -2.00. The lowest BCUT2D eigenvalue weighted by molar-refractivity contribution is -0.144. The molecule has 1 aromatic rings. The first-order valence-corrected chi connectivity index (χ1v) is 12.2. The summed E-state index contributed by atoms with van der Waals surface area (Å²) in [6.45, 7) is 14.1. The van der Waals surface area contributed by atoms with Gasteiger partial charge in [-0.05, 0) is 49.6 Å². The summed E-state index contributed by atoms with van der Waals surface area (Å²) in [7, 11) is 1.55. The largest absolute Gasteiger partial charge is 0.391 e. The second-order valence-corrected chi connectivity index (χ2v) is 11.6. The molecule has 2 aliphatic heterocycles. The highest BCUT2D eigenvalue weighted by Gasteiger charge is 2.45. The summed E-state index contributed by atoms with van der Waals surface area (Å²) < 4.78 is 1.65. The number of β-amino-alcohol motifs (C(OH)–C–C–N with tert-alkyl or cyclic N) is 1. The molecule has 2 amide bonds. The molecule has 2 aliphatic rings. The summed E-state index contributed by atoms with van der Waals surface area (Å²) in [4.78, 5) is 30.0. The Balaban J connectivity index is 1.67. The first kappa shape index (κ1) is 25.6. The summed E-state index contributed by atoms with van der Waals surface area (Å²) >= 11 is 0. The number of nitrogens with one attached hydrogen (secondary N) is 1. The van der Waals surface area contributed by atoms with Crippen molar-refractivity contribution in [1.82, 2.24) is 30.1 Å². The number of rotatable bonds is 7. The Morgan fingerprint density at radius 3 is 2.70 bits per heavy atom. The fourth-order valence-corrected chi connectivity index (χ4v) is 5.28. The van der Waals surface area contributed by atoms with Crippen molar-refractivity contribution in [3.63, 3.8) is 0 Å². The van der Waals surface area contributed by atoms with E-state index in [0.717, 1.165) is 38.2 Å². The number of hydrogen-bond acceptors (Lipinski definition) is 6. The third-order valence-electron chi connectivity index (χ3n) is 6.87. The molecule has 1 aromatic heterocycles. The average Bonchev–Trinajstić information content (AvgIpc) is 3.32. The van der Waals surface area contributed by atoms with Gasteiger partial charge in [-0.2, -0.15) is 0 Å². The number of carbonyl (C=O) groups is 2. The third kappa shape index (κ3) is 6.32. The van der Waals surface area contributed by atoms with Crippen molar-refractivity contribution >= 4 is 11.8 Å². The van der Waals surface area contributed by atoms with Gasteiger partial charge >= 0.3 is 0 Å². The lowest BCUT2D eigenvalue weighted by Gasteiger charge is -2.38. The standard InChI is InChI=1S/C24H42N6O3/c1-23(2,3)20(22(33)29-15-18(31)13-19(29)21(32)25-6)30-14-17(26-27-30)9-7-11-28-12-8-10-24(4,5)16-28/h14,18-20,31H,7-13,15-16H2,1-6H3,(H,25,32)/t18?,19?,20-/m1/s1. The first-order valence-electron chi connectivity index (χ1n) is 12.2. The monoisotopic (exact) mass is 462 g/mol. The number of carbonyl (C=O) groups excluding carboxylic acids is 2. The van der Waals surface area contributed by atoms with Crippen molar-refractivity contribution in [3.05, 3.63) is 11.9 Å². The van der Waals surface area contributed by atoms with E-state index in [2.05, 4.69) is 34.4 Å². The van der Waals surface area contributed by atoms with Gasteiger partial charge in [0.1, 0.15) is 12.1 Å². The zero-order valence-electron chi connectivity index (χ0n) is 21.2. The second kappa shape index (κ2) is 10.1. The number of aliphatic hydroxyl groups is 1. The van der Waals surface area contributed by atoms with E-state index in [-0.39, 0.29) is 24.8 Å². The number of aliphatic hydroxyl groups excluding tert-OH is 1. The van der Waals surface area contributed by atoms with Crippen molar-refractivity contribution in [2.75, 3.05) is 33.2 Å². The van der Waals surface area contributed by atoms with Gasteiger partial charge in [0.25, 0.3) is 0 Å². The number of aromatic nitrogens is 3. The fraction of sp³-hybridized carbons (Fsp3) is 0.833. The molecule has 0 aliphatic carbocycles. The van der Waals surface area contributed by atoms with Gasteiger partial charge in [-0.25, -0.2) is 4.68 Å². The maximum atomic E-state index is 13.6. The Kier molecular flexibility index (Phi) is 7.84. The van der Waals surface area contributed by atoms with E-state index in [9.17, 15) is 14.7 Å². The first-order chi connectivity index (χ1) is 15.4. The van der Waals surface area contributed by atoms with E-state index < -0.39 is 23.6 Å².